The highest BCUT2D eigenvalue weighted by Crippen LogP contribution is 2.45. The number of aliphatic hydroxyl groups is 1. The first-order valence-electron chi connectivity index (χ1n) is 12.7. The quantitative estimate of drug-likeness (QED) is 0.292. The van der Waals surface area contributed by atoms with Crippen molar-refractivity contribution < 1.29 is 19.4 Å². The first kappa shape index (κ1) is 24.6. The lowest BCUT2D eigenvalue weighted by atomic mass is 9.91. The van der Waals surface area contributed by atoms with Gasteiger partial charge >= 0.3 is 0 Å². The molecule has 0 saturated carbocycles. The smallest absolute Gasteiger partial charge is 0.235 e. The van der Waals surface area contributed by atoms with Crippen molar-refractivity contribution in [2.45, 2.75) is 57.2 Å². The first-order chi connectivity index (χ1) is 17.8. The zero-order valence-corrected chi connectivity index (χ0v) is 22.2. The van der Waals surface area contributed by atoms with Crippen LogP contribution in [-0.2, 0) is 22.6 Å². The fourth-order valence-corrected chi connectivity index (χ4v) is 7.42. The molecule has 37 heavy (non-hydrogen) atoms. The summed E-state index contributed by atoms with van der Waals surface area (Å²) in [6.07, 6.45) is 4.77. The number of imide groups is 1. The van der Waals surface area contributed by atoms with Crippen molar-refractivity contribution in [2.75, 3.05) is 24.6 Å². The Labute approximate surface area is 224 Å². The van der Waals surface area contributed by atoms with Crippen LogP contribution in [0, 0.1) is 5.21 Å². The molecule has 10 heteroatoms. The van der Waals surface area contributed by atoms with E-state index in [2.05, 4.69) is 17.1 Å². The molecule has 5 heterocycles. The SMILES string of the molecule is C[C@]1(CO)C[C@H](N2CCCc3cc(Cl)cc(-c4cc[n+]([O-])c5cc(CN6C(=O)CCC6=O)sc45)c32)CN1. The van der Waals surface area contributed by atoms with Gasteiger partial charge in [-0.3, -0.25) is 14.5 Å². The van der Waals surface area contributed by atoms with Crippen LogP contribution in [0.2, 0.25) is 5.02 Å². The molecule has 2 aromatic heterocycles. The molecular weight excluding hydrogens is 512 g/mol. The minimum Gasteiger partial charge on any atom is -0.618 e. The highest BCUT2D eigenvalue weighted by Gasteiger charge is 2.39. The number of carbonyl (C=O) groups excluding carboxylic acids is 2. The number of nitrogens with one attached hydrogen (secondary N) is 1. The number of pyridine rings is 1. The maximum absolute atomic E-state index is 12.8. The third-order valence-corrected chi connectivity index (χ3v) is 9.27. The standard InChI is InChI=1S/C27H29ClN4O4S/c1-27(15-33)12-18(13-29-27)30-7-2-3-16-9-17(28)10-21(25(16)30)20-6-8-32(36)22-11-19(37-26(20)22)14-31-23(34)4-5-24(31)35/h6,8-11,18,29,33H,2-5,7,12-15H2,1H3/t18-,27+/m0/s1. The van der Waals surface area contributed by atoms with Crippen molar-refractivity contribution in [1.29, 1.82) is 0 Å². The molecule has 3 aromatic rings. The summed E-state index contributed by atoms with van der Waals surface area (Å²) in [6.45, 7) is 4.01. The monoisotopic (exact) mass is 540 g/mol. The van der Waals surface area contributed by atoms with Gasteiger partial charge in [0.15, 0.2) is 6.20 Å². The van der Waals surface area contributed by atoms with Gasteiger partial charge in [-0.2, -0.15) is 4.73 Å². The molecule has 0 aliphatic carbocycles. The Morgan fingerprint density at radius 2 is 2.00 bits per heavy atom. The molecule has 2 fully saturated rings. The summed E-state index contributed by atoms with van der Waals surface area (Å²) < 4.78 is 1.65. The lowest BCUT2D eigenvalue weighted by Crippen LogP contribution is -2.41. The van der Waals surface area contributed by atoms with Crippen LogP contribution in [-0.4, -0.2) is 53.1 Å². The number of fused-ring (bicyclic) bond motifs is 2. The molecule has 2 amide bonds. The third kappa shape index (κ3) is 4.27. The van der Waals surface area contributed by atoms with Crippen LogP contribution in [0.15, 0.2) is 30.5 Å². The van der Waals surface area contributed by atoms with Gasteiger partial charge in [-0.05, 0) is 43.9 Å². The second-order valence-electron chi connectivity index (χ2n) is 10.6. The molecule has 8 nitrogen and oxygen atoms in total. The zero-order valence-electron chi connectivity index (χ0n) is 20.6. The van der Waals surface area contributed by atoms with Crippen molar-refractivity contribution in [3.63, 3.8) is 0 Å². The number of aromatic nitrogens is 1. The van der Waals surface area contributed by atoms with Crippen LogP contribution in [0.25, 0.3) is 21.3 Å². The van der Waals surface area contributed by atoms with Gasteiger partial charge in [0.1, 0.15) is 4.70 Å². The number of hydrogen-bond donors (Lipinski definition) is 2. The van der Waals surface area contributed by atoms with Crippen LogP contribution in [0.5, 0.6) is 0 Å². The summed E-state index contributed by atoms with van der Waals surface area (Å²) in [6, 6.07) is 7.87. The van der Waals surface area contributed by atoms with Crippen molar-refractivity contribution >= 4 is 50.7 Å². The number of likely N-dealkylation sites (tertiary alicyclic amines) is 1. The number of carbonyl (C=O) groups is 2. The van der Waals surface area contributed by atoms with Gasteiger partial charge in [-0.25, -0.2) is 0 Å². The highest BCUT2D eigenvalue weighted by molar-refractivity contribution is 7.19. The van der Waals surface area contributed by atoms with Crippen molar-refractivity contribution in [3.05, 3.63) is 51.1 Å². The van der Waals surface area contributed by atoms with E-state index in [1.54, 1.807) is 6.07 Å². The summed E-state index contributed by atoms with van der Waals surface area (Å²) in [7, 11) is 0. The normalized spacial score (nSPS) is 23.9. The van der Waals surface area contributed by atoms with Gasteiger partial charge in [0.2, 0.25) is 17.3 Å². The maximum Gasteiger partial charge on any atom is 0.235 e. The van der Waals surface area contributed by atoms with Crippen LogP contribution in [0.1, 0.15) is 43.0 Å². The fraction of sp³-hybridized carbons (Fsp3) is 0.444. The molecule has 3 aliphatic heterocycles. The second-order valence-corrected chi connectivity index (χ2v) is 12.1. The summed E-state index contributed by atoms with van der Waals surface area (Å²) in [4.78, 5) is 28.9. The fourth-order valence-electron chi connectivity index (χ4n) is 6.01. The summed E-state index contributed by atoms with van der Waals surface area (Å²) in [5.74, 6) is -0.338. The van der Waals surface area contributed by atoms with Gasteiger partial charge in [-0.1, -0.05) is 11.6 Å². The molecule has 194 valence electrons. The van der Waals surface area contributed by atoms with Crippen LogP contribution in [0.4, 0.5) is 5.69 Å². The largest absolute Gasteiger partial charge is 0.618 e. The first-order valence-corrected chi connectivity index (χ1v) is 13.9. The van der Waals surface area contributed by atoms with Crippen LogP contribution >= 0.6 is 22.9 Å². The lowest BCUT2D eigenvalue weighted by molar-refractivity contribution is -0.576. The summed E-state index contributed by atoms with van der Waals surface area (Å²) >= 11 is 8.07. The Morgan fingerprint density at radius 3 is 2.73 bits per heavy atom. The predicted octanol–water partition coefficient (Wildman–Crippen LogP) is 3.37. The molecule has 6 rings (SSSR count). The Morgan fingerprint density at radius 1 is 1.22 bits per heavy atom. The zero-order chi connectivity index (χ0) is 25.9. The average Bonchev–Trinajstić information content (AvgIpc) is 3.58. The number of anilines is 1. The van der Waals surface area contributed by atoms with E-state index in [0.29, 0.717) is 10.5 Å². The van der Waals surface area contributed by atoms with E-state index in [4.69, 9.17) is 11.6 Å². The Hall–Kier alpha value is -2.72. The van der Waals surface area contributed by atoms with Gasteiger partial charge < -0.3 is 20.5 Å². The van der Waals surface area contributed by atoms with Crippen LogP contribution in [0.3, 0.4) is 0 Å². The molecule has 1 aromatic carbocycles. The minimum absolute atomic E-state index is 0.0838. The molecule has 0 bridgehead atoms. The molecule has 3 aliphatic rings. The summed E-state index contributed by atoms with van der Waals surface area (Å²) in [5.41, 5.74) is 4.42. The second kappa shape index (κ2) is 9.23. The number of thiophene rings is 1. The number of nitrogens with zero attached hydrogens (tertiary/aromatic N) is 3. The van der Waals surface area contributed by atoms with Crippen LogP contribution < -0.4 is 14.9 Å². The highest BCUT2D eigenvalue weighted by atomic mass is 35.5. The number of hydrogen-bond acceptors (Lipinski definition) is 7. The van der Waals surface area contributed by atoms with E-state index in [9.17, 15) is 19.9 Å². The molecule has 2 N–H and O–H groups in total. The number of benzene rings is 1. The molecule has 0 radical (unpaired) electrons. The number of aryl methyl sites for hydroxylation is 1. The van der Waals surface area contributed by atoms with Crippen molar-refractivity contribution in [3.8, 4) is 11.1 Å². The predicted molar refractivity (Wildman–Crippen MR) is 144 cm³/mol. The molecule has 2 saturated heterocycles. The Balaban J connectivity index is 1.46. The minimum atomic E-state index is -0.309. The van der Waals surface area contributed by atoms with Crippen molar-refractivity contribution in [1.82, 2.24) is 10.2 Å². The Kier molecular flexibility index (Phi) is 6.14. The molecule has 2 atom stereocenters. The topological polar surface area (TPSA) is 99.8 Å². The van der Waals surface area contributed by atoms with E-state index in [1.165, 1.54) is 28.0 Å². The van der Waals surface area contributed by atoms with Crippen molar-refractivity contribution in [2.24, 2.45) is 0 Å². The van der Waals surface area contributed by atoms with Gasteiger partial charge in [0.05, 0.1) is 13.2 Å². The number of halogens is 1. The Bertz CT molecular complexity index is 1410. The average molecular weight is 541 g/mol. The van der Waals surface area contributed by atoms with E-state index < -0.39 is 0 Å². The maximum atomic E-state index is 12.8. The molecular formula is C27H29ClN4O4S. The van der Waals surface area contributed by atoms with E-state index in [0.717, 1.165) is 63.5 Å². The number of rotatable bonds is 5. The third-order valence-electron chi connectivity index (χ3n) is 7.91. The van der Waals surface area contributed by atoms with E-state index >= 15 is 0 Å². The van der Waals surface area contributed by atoms with E-state index in [-0.39, 0.29) is 49.4 Å². The van der Waals surface area contributed by atoms with Gasteiger partial charge in [-0.15, -0.1) is 11.3 Å². The number of aliphatic hydroxyl groups excluding tert-OH is 1. The molecule has 0 spiro atoms. The van der Waals surface area contributed by atoms with Gasteiger partial charge in [0, 0.05) is 76.4 Å². The summed E-state index contributed by atoms with van der Waals surface area (Å²) in [5, 5.41) is 26.8. The number of amides is 2. The molecule has 0 unspecified atom stereocenters. The lowest BCUT2D eigenvalue weighted by Gasteiger charge is -2.38. The van der Waals surface area contributed by atoms with Gasteiger partial charge in [0.25, 0.3) is 0 Å². The van der Waals surface area contributed by atoms with E-state index in [1.807, 2.05) is 18.2 Å².